The van der Waals surface area contributed by atoms with Gasteiger partial charge in [0.05, 0.1) is 5.69 Å². The van der Waals surface area contributed by atoms with E-state index in [1.807, 2.05) is 41.8 Å². The SMILES string of the molecule is Cc1ccc(-c2cccnc2)n1CC(=O)OCC1=CCCC=C1. The molecule has 0 aliphatic heterocycles. The van der Waals surface area contributed by atoms with Gasteiger partial charge in [0.15, 0.2) is 0 Å². The summed E-state index contributed by atoms with van der Waals surface area (Å²) < 4.78 is 7.37. The van der Waals surface area contributed by atoms with E-state index in [-0.39, 0.29) is 12.5 Å². The summed E-state index contributed by atoms with van der Waals surface area (Å²) >= 11 is 0. The van der Waals surface area contributed by atoms with E-state index in [2.05, 4.69) is 17.1 Å². The van der Waals surface area contributed by atoms with Crippen molar-refractivity contribution in [2.24, 2.45) is 0 Å². The van der Waals surface area contributed by atoms with Gasteiger partial charge in [-0.05, 0) is 49.6 Å². The van der Waals surface area contributed by atoms with Gasteiger partial charge in [0.2, 0.25) is 0 Å². The number of esters is 1. The molecule has 2 heterocycles. The van der Waals surface area contributed by atoms with Crippen LogP contribution in [0.15, 0.2) is 60.5 Å². The van der Waals surface area contributed by atoms with Crippen LogP contribution in [0.25, 0.3) is 11.3 Å². The van der Waals surface area contributed by atoms with Gasteiger partial charge >= 0.3 is 5.97 Å². The van der Waals surface area contributed by atoms with E-state index in [1.54, 1.807) is 12.4 Å². The van der Waals surface area contributed by atoms with Gasteiger partial charge in [-0.15, -0.1) is 0 Å². The predicted octanol–water partition coefficient (Wildman–Crippen LogP) is 3.68. The number of carbonyl (C=O) groups is 1. The lowest BCUT2D eigenvalue weighted by Crippen LogP contribution is -2.16. The Morgan fingerprint density at radius 3 is 2.96 bits per heavy atom. The third-order valence-electron chi connectivity index (χ3n) is 3.92. The number of hydrogen-bond donors (Lipinski definition) is 0. The van der Waals surface area contributed by atoms with Crippen molar-refractivity contribution in [3.8, 4) is 11.3 Å². The Morgan fingerprint density at radius 1 is 1.30 bits per heavy atom. The molecule has 0 unspecified atom stereocenters. The summed E-state index contributed by atoms with van der Waals surface area (Å²) in [5.41, 5.74) is 4.06. The number of rotatable bonds is 5. The molecule has 2 aromatic rings. The largest absolute Gasteiger partial charge is 0.460 e. The zero-order chi connectivity index (χ0) is 16.1. The third kappa shape index (κ3) is 3.77. The second kappa shape index (κ2) is 7.09. The molecule has 23 heavy (non-hydrogen) atoms. The molecule has 1 aliphatic carbocycles. The van der Waals surface area contributed by atoms with Crippen molar-refractivity contribution in [1.29, 1.82) is 0 Å². The minimum atomic E-state index is -0.227. The highest BCUT2D eigenvalue weighted by Gasteiger charge is 2.12. The van der Waals surface area contributed by atoms with Crippen molar-refractivity contribution < 1.29 is 9.53 Å². The molecule has 0 spiro atoms. The Labute approximate surface area is 136 Å². The first-order valence-electron chi connectivity index (χ1n) is 7.82. The summed E-state index contributed by atoms with van der Waals surface area (Å²) in [5, 5.41) is 0. The van der Waals surface area contributed by atoms with Crippen molar-refractivity contribution >= 4 is 5.97 Å². The number of aromatic nitrogens is 2. The second-order valence-corrected chi connectivity index (χ2v) is 5.61. The van der Waals surface area contributed by atoms with Gasteiger partial charge in [-0.1, -0.05) is 18.2 Å². The van der Waals surface area contributed by atoms with E-state index in [4.69, 9.17) is 4.74 Å². The topological polar surface area (TPSA) is 44.1 Å². The van der Waals surface area contributed by atoms with E-state index >= 15 is 0 Å². The molecule has 0 N–H and O–H groups in total. The van der Waals surface area contributed by atoms with Crippen LogP contribution in [0.4, 0.5) is 0 Å². The maximum absolute atomic E-state index is 12.2. The van der Waals surface area contributed by atoms with Crippen molar-refractivity contribution in [2.75, 3.05) is 6.61 Å². The van der Waals surface area contributed by atoms with Crippen molar-refractivity contribution in [2.45, 2.75) is 26.3 Å². The molecule has 118 valence electrons. The number of nitrogens with zero attached hydrogens (tertiary/aromatic N) is 2. The van der Waals surface area contributed by atoms with Crippen LogP contribution in [0, 0.1) is 6.92 Å². The smallest absolute Gasteiger partial charge is 0.326 e. The van der Waals surface area contributed by atoms with Crippen molar-refractivity contribution in [3.05, 3.63) is 66.2 Å². The summed E-state index contributed by atoms with van der Waals surface area (Å²) in [5.74, 6) is -0.227. The Balaban J connectivity index is 1.68. The number of hydrogen-bond acceptors (Lipinski definition) is 3. The molecule has 0 radical (unpaired) electrons. The predicted molar refractivity (Wildman–Crippen MR) is 89.8 cm³/mol. The fourth-order valence-electron chi connectivity index (χ4n) is 2.66. The summed E-state index contributed by atoms with van der Waals surface area (Å²) in [6.45, 7) is 2.54. The molecule has 0 amide bonds. The van der Waals surface area contributed by atoms with Crippen LogP contribution in [-0.4, -0.2) is 22.1 Å². The fourth-order valence-corrected chi connectivity index (χ4v) is 2.66. The molecule has 0 saturated carbocycles. The van der Waals surface area contributed by atoms with E-state index < -0.39 is 0 Å². The molecule has 0 atom stereocenters. The first-order chi connectivity index (χ1) is 11.2. The number of aryl methyl sites for hydroxylation is 1. The molecule has 1 aliphatic rings. The van der Waals surface area contributed by atoms with Gasteiger partial charge in [0, 0.05) is 23.7 Å². The minimum Gasteiger partial charge on any atom is -0.460 e. The minimum absolute atomic E-state index is 0.208. The molecule has 3 rings (SSSR count). The molecule has 2 aromatic heterocycles. The average Bonchev–Trinajstić information content (AvgIpc) is 2.95. The lowest BCUT2D eigenvalue weighted by Gasteiger charge is -2.12. The van der Waals surface area contributed by atoms with E-state index in [0.717, 1.165) is 35.4 Å². The lowest BCUT2D eigenvalue weighted by atomic mass is 10.1. The second-order valence-electron chi connectivity index (χ2n) is 5.61. The number of carbonyl (C=O) groups excluding carboxylic acids is 1. The molecule has 0 fully saturated rings. The molecular formula is C19H20N2O2. The fraction of sp³-hybridized carbons (Fsp3) is 0.263. The van der Waals surface area contributed by atoms with Gasteiger partial charge < -0.3 is 9.30 Å². The number of ether oxygens (including phenoxy) is 1. The Kier molecular flexibility index (Phi) is 4.71. The van der Waals surface area contributed by atoms with Crippen LogP contribution in [0.5, 0.6) is 0 Å². The highest BCUT2D eigenvalue weighted by Crippen LogP contribution is 2.21. The molecular weight excluding hydrogens is 288 g/mol. The molecule has 0 bridgehead atoms. The average molecular weight is 308 g/mol. The normalized spacial score (nSPS) is 13.7. The Morgan fingerprint density at radius 2 is 2.22 bits per heavy atom. The zero-order valence-electron chi connectivity index (χ0n) is 13.2. The van der Waals surface area contributed by atoms with Crippen LogP contribution in [0.1, 0.15) is 18.5 Å². The van der Waals surface area contributed by atoms with Gasteiger partial charge in [0.25, 0.3) is 0 Å². The molecule has 4 heteroatoms. The lowest BCUT2D eigenvalue weighted by molar-refractivity contribution is -0.143. The van der Waals surface area contributed by atoms with Crippen LogP contribution in [0.2, 0.25) is 0 Å². The Bertz CT molecular complexity index is 742. The quantitative estimate of drug-likeness (QED) is 0.791. The first kappa shape index (κ1) is 15.3. The van der Waals surface area contributed by atoms with E-state index in [0.29, 0.717) is 6.61 Å². The van der Waals surface area contributed by atoms with Gasteiger partial charge in [-0.3, -0.25) is 9.78 Å². The van der Waals surface area contributed by atoms with Gasteiger partial charge in [0.1, 0.15) is 13.2 Å². The van der Waals surface area contributed by atoms with Crippen molar-refractivity contribution in [1.82, 2.24) is 9.55 Å². The maximum atomic E-state index is 12.2. The Hall–Kier alpha value is -2.62. The van der Waals surface area contributed by atoms with Crippen LogP contribution >= 0.6 is 0 Å². The first-order valence-corrected chi connectivity index (χ1v) is 7.82. The van der Waals surface area contributed by atoms with Crippen molar-refractivity contribution in [3.63, 3.8) is 0 Å². The maximum Gasteiger partial charge on any atom is 0.326 e. The monoisotopic (exact) mass is 308 g/mol. The number of pyridine rings is 1. The summed E-state index contributed by atoms with van der Waals surface area (Å²) in [6.07, 6.45) is 11.9. The van der Waals surface area contributed by atoms with Crippen LogP contribution in [0.3, 0.4) is 0 Å². The summed E-state index contributed by atoms with van der Waals surface area (Å²) in [4.78, 5) is 16.3. The van der Waals surface area contributed by atoms with Gasteiger partial charge in [-0.2, -0.15) is 0 Å². The van der Waals surface area contributed by atoms with Crippen LogP contribution in [-0.2, 0) is 16.1 Å². The summed E-state index contributed by atoms with van der Waals surface area (Å²) in [6, 6.07) is 7.89. The van der Waals surface area contributed by atoms with E-state index in [9.17, 15) is 4.79 Å². The standard InChI is InChI=1S/C19H20N2O2/c1-15-9-10-18(17-8-5-11-20-12-17)21(15)13-19(22)23-14-16-6-3-2-4-7-16/h3,5-12H,2,4,13-14H2,1H3. The number of allylic oxidation sites excluding steroid dienone is 2. The van der Waals surface area contributed by atoms with Crippen LogP contribution < -0.4 is 0 Å². The third-order valence-corrected chi connectivity index (χ3v) is 3.92. The molecule has 4 nitrogen and oxygen atoms in total. The highest BCUT2D eigenvalue weighted by molar-refractivity contribution is 5.71. The molecule has 0 aromatic carbocycles. The highest BCUT2D eigenvalue weighted by atomic mass is 16.5. The van der Waals surface area contributed by atoms with E-state index in [1.165, 1.54) is 0 Å². The summed E-state index contributed by atoms with van der Waals surface area (Å²) in [7, 11) is 0. The van der Waals surface area contributed by atoms with Gasteiger partial charge in [-0.25, -0.2) is 0 Å². The zero-order valence-corrected chi connectivity index (χ0v) is 13.2. The molecule has 0 saturated heterocycles.